The van der Waals surface area contributed by atoms with E-state index in [9.17, 15) is 26.4 Å². The Morgan fingerprint density at radius 2 is 1.78 bits per heavy atom. The highest BCUT2D eigenvalue weighted by molar-refractivity contribution is 7.91. The molecule has 0 bridgehead atoms. The molecular formula is C21H24F3N3O3S2. The van der Waals surface area contributed by atoms with Crippen LogP contribution in [0.5, 0.6) is 0 Å². The Balaban J connectivity index is 1.37. The minimum absolute atomic E-state index is 0.0835. The number of thiophene rings is 1. The van der Waals surface area contributed by atoms with Crippen molar-refractivity contribution in [3.63, 3.8) is 0 Å². The van der Waals surface area contributed by atoms with E-state index in [1.807, 2.05) is 4.90 Å². The van der Waals surface area contributed by atoms with Crippen LogP contribution in [0.25, 0.3) is 0 Å². The summed E-state index contributed by atoms with van der Waals surface area (Å²) in [6, 6.07) is 8.46. The van der Waals surface area contributed by atoms with E-state index < -0.39 is 27.7 Å². The molecule has 1 amide bonds. The van der Waals surface area contributed by atoms with Gasteiger partial charge in [0.1, 0.15) is 4.21 Å². The first-order valence-electron chi connectivity index (χ1n) is 10.4. The molecule has 0 radical (unpaired) electrons. The van der Waals surface area contributed by atoms with Crippen LogP contribution in [0.1, 0.15) is 18.4 Å². The molecule has 174 valence electrons. The van der Waals surface area contributed by atoms with Crippen LogP contribution in [0.4, 0.5) is 18.9 Å². The number of hydrogen-bond acceptors (Lipinski definition) is 5. The highest BCUT2D eigenvalue weighted by atomic mass is 32.2. The minimum atomic E-state index is -4.40. The second-order valence-electron chi connectivity index (χ2n) is 7.99. The molecule has 1 aromatic carbocycles. The molecule has 2 fully saturated rings. The number of hydrogen-bond donors (Lipinski definition) is 0. The Hall–Kier alpha value is -2.11. The molecule has 2 aliphatic heterocycles. The lowest BCUT2D eigenvalue weighted by Crippen LogP contribution is -2.53. The highest BCUT2D eigenvalue weighted by Crippen LogP contribution is 2.32. The molecule has 0 spiro atoms. The van der Waals surface area contributed by atoms with Gasteiger partial charge in [0.15, 0.2) is 0 Å². The SMILES string of the molecule is O=C(C1CCCN(S(=O)(=O)c2cccs2)C1)N1CCN(c2cccc(C(F)(F)F)c2)CC1. The van der Waals surface area contributed by atoms with Crippen molar-refractivity contribution in [2.24, 2.45) is 5.92 Å². The van der Waals surface area contributed by atoms with Crippen LogP contribution in [0.2, 0.25) is 0 Å². The number of halogens is 3. The number of nitrogens with zero attached hydrogens (tertiary/aromatic N) is 3. The Morgan fingerprint density at radius 3 is 2.44 bits per heavy atom. The number of piperazine rings is 1. The van der Waals surface area contributed by atoms with Crippen molar-refractivity contribution in [2.75, 3.05) is 44.2 Å². The molecule has 0 N–H and O–H groups in total. The number of carbonyl (C=O) groups is 1. The zero-order chi connectivity index (χ0) is 22.9. The summed E-state index contributed by atoms with van der Waals surface area (Å²) in [4.78, 5) is 16.6. The number of amides is 1. The monoisotopic (exact) mass is 487 g/mol. The maximum absolute atomic E-state index is 13.1. The van der Waals surface area contributed by atoms with E-state index in [-0.39, 0.29) is 16.7 Å². The first kappa shape index (κ1) is 23.1. The molecule has 2 aromatic rings. The van der Waals surface area contributed by atoms with Gasteiger partial charge in [-0.25, -0.2) is 8.42 Å². The van der Waals surface area contributed by atoms with Crippen molar-refractivity contribution in [2.45, 2.75) is 23.2 Å². The minimum Gasteiger partial charge on any atom is -0.368 e. The second-order valence-corrected chi connectivity index (χ2v) is 11.1. The summed E-state index contributed by atoms with van der Waals surface area (Å²) in [6.07, 6.45) is -3.15. The van der Waals surface area contributed by atoms with E-state index in [1.54, 1.807) is 28.5 Å². The lowest BCUT2D eigenvalue weighted by atomic mass is 9.97. The molecule has 1 atom stereocenters. The van der Waals surface area contributed by atoms with E-state index in [4.69, 9.17) is 0 Å². The van der Waals surface area contributed by atoms with Crippen molar-refractivity contribution in [3.05, 3.63) is 47.3 Å². The summed E-state index contributed by atoms with van der Waals surface area (Å²) in [5, 5.41) is 1.71. The average Bonchev–Trinajstić information content (AvgIpc) is 3.34. The third-order valence-electron chi connectivity index (χ3n) is 5.95. The van der Waals surface area contributed by atoms with Gasteiger partial charge in [-0.15, -0.1) is 11.3 Å². The second kappa shape index (κ2) is 9.03. The summed E-state index contributed by atoms with van der Waals surface area (Å²) in [7, 11) is -3.60. The summed E-state index contributed by atoms with van der Waals surface area (Å²) >= 11 is 1.16. The Morgan fingerprint density at radius 1 is 1.03 bits per heavy atom. The molecule has 1 aromatic heterocycles. The molecule has 32 heavy (non-hydrogen) atoms. The predicted molar refractivity (Wildman–Crippen MR) is 116 cm³/mol. The molecule has 1 unspecified atom stereocenters. The van der Waals surface area contributed by atoms with Crippen LogP contribution < -0.4 is 4.90 Å². The van der Waals surface area contributed by atoms with Crippen LogP contribution >= 0.6 is 11.3 Å². The quantitative estimate of drug-likeness (QED) is 0.662. The highest BCUT2D eigenvalue weighted by Gasteiger charge is 2.36. The van der Waals surface area contributed by atoms with Crippen molar-refractivity contribution < 1.29 is 26.4 Å². The molecule has 2 aliphatic rings. The third kappa shape index (κ3) is 4.79. The zero-order valence-corrected chi connectivity index (χ0v) is 18.9. The molecule has 2 saturated heterocycles. The molecule has 3 heterocycles. The first-order valence-corrected chi connectivity index (χ1v) is 12.7. The van der Waals surface area contributed by atoms with Crippen LogP contribution in [0, 0.1) is 5.92 Å². The molecule has 11 heteroatoms. The lowest BCUT2D eigenvalue weighted by Gasteiger charge is -2.39. The van der Waals surface area contributed by atoms with E-state index in [0.717, 1.165) is 23.5 Å². The fraction of sp³-hybridized carbons (Fsp3) is 0.476. The van der Waals surface area contributed by atoms with E-state index in [2.05, 4.69) is 0 Å². The van der Waals surface area contributed by atoms with Crippen LogP contribution in [-0.2, 0) is 21.0 Å². The van der Waals surface area contributed by atoms with Crippen molar-refractivity contribution in [1.29, 1.82) is 0 Å². The van der Waals surface area contributed by atoms with E-state index in [0.29, 0.717) is 51.3 Å². The van der Waals surface area contributed by atoms with Crippen LogP contribution in [0.15, 0.2) is 46.0 Å². The maximum Gasteiger partial charge on any atom is 0.416 e. The summed E-state index contributed by atoms with van der Waals surface area (Å²) in [6.45, 7) is 2.20. The van der Waals surface area contributed by atoms with E-state index >= 15 is 0 Å². The molecule has 4 rings (SSSR count). The fourth-order valence-corrected chi connectivity index (χ4v) is 6.89. The van der Waals surface area contributed by atoms with Crippen molar-refractivity contribution >= 4 is 33.0 Å². The fourth-order valence-electron chi connectivity index (χ4n) is 4.22. The van der Waals surface area contributed by atoms with Crippen LogP contribution in [0.3, 0.4) is 0 Å². The molecular weight excluding hydrogens is 463 g/mol. The Bertz CT molecular complexity index is 1050. The number of carbonyl (C=O) groups excluding carboxylic acids is 1. The lowest BCUT2D eigenvalue weighted by molar-refractivity contribution is -0.137. The van der Waals surface area contributed by atoms with Crippen LogP contribution in [-0.4, -0.2) is 62.8 Å². The first-order chi connectivity index (χ1) is 15.2. The van der Waals surface area contributed by atoms with Gasteiger partial charge in [-0.3, -0.25) is 4.79 Å². The van der Waals surface area contributed by atoms with Crippen molar-refractivity contribution in [1.82, 2.24) is 9.21 Å². The summed E-state index contributed by atoms with van der Waals surface area (Å²) < 4.78 is 66.3. The van der Waals surface area contributed by atoms with Crippen molar-refractivity contribution in [3.8, 4) is 0 Å². The Kier molecular flexibility index (Phi) is 6.51. The molecule has 0 saturated carbocycles. The van der Waals surface area contributed by atoms with Gasteiger partial charge in [0.25, 0.3) is 10.0 Å². The average molecular weight is 488 g/mol. The standard InChI is InChI=1S/C21H24F3N3O3S2/c22-21(23,24)17-5-1-6-18(14-17)25-9-11-26(12-10-25)20(28)16-4-2-8-27(15-16)32(29,30)19-7-3-13-31-19/h1,3,5-7,13-14,16H,2,4,8-12,15H2. The van der Waals surface area contributed by atoms with Gasteiger partial charge < -0.3 is 9.80 Å². The number of anilines is 1. The van der Waals surface area contributed by atoms with Gasteiger partial charge >= 0.3 is 6.18 Å². The molecule has 0 aliphatic carbocycles. The number of alkyl halides is 3. The Labute approximate surface area is 189 Å². The normalized spacial score (nSPS) is 21.0. The van der Waals surface area contributed by atoms with Gasteiger partial charge in [-0.1, -0.05) is 12.1 Å². The largest absolute Gasteiger partial charge is 0.416 e. The van der Waals surface area contributed by atoms with Gasteiger partial charge in [0, 0.05) is 45.0 Å². The van der Waals surface area contributed by atoms with Gasteiger partial charge in [-0.05, 0) is 42.5 Å². The third-order valence-corrected chi connectivity index (χ3v) is 9.19. The smallest absolute Gasteiger partial charge is 0.368 e. The summed E-state index contributed by atoms with van der Waals surface area (Å²) in [5.74, 6) is -0.488. The number of rotatable bonds is 4. The zero-order valence-electron chi connectivity index (χ0n) is 17.3. The van der Waals surface area contributed by atoms with Gasteiger partial charge in [-0.2, -0.15) is 17.5 Å². The topological polar surface area (TPSA) is 60.9 Å². The van der Waals surface area contributed by atoms with Gasteiger partial charge in [0.05, 0.1) is 11.5 Å². The molecule has 6 nitrogen and oxygen atoms in total. The van der Waals surface area contributed by atoms with E-state index in [1.165, 1.54) is 10.4 Å². The predicted octanol–water partition coefficient (Wildman–Crippen LogP) is 3.52. The number of sulfonamides is 1. The maximum atomic E-state index is 13.1. The summed E-state index contributed by atoms with van der Waals surface area (Å²) in [5.41, 5.74) is -0.208. The number of benzene rings is 1. The van der Waals surface area contributed by atoms with Gasteiger partial charge in [0.2, 0.25) is 5.91 Å². The number of piperidine rings is 1.